The van der Waals surface area contributed by atoms with Crippen LogP contribution in [0, 0.1) is 28.6 Å². The van der Waals surface area contributed by atoms with Crippen LogP contribution in [0.5, 0.6) is 0 Å². The second kappa shape index (κ2) is 6.93. The standard InChI is InChI=1S/C23H34O4/c1-15(24)26-21(27-16(2)25)23-13-6-8-20(23)18-10-9-17-7-4-5-12-22(17,3)19(18)11-14-23/h9,18-21H,4-8,10-14H2,1-3H3/t18-,19+,20+,22+,23-/m1/s1. The van der Waals surface area contributed by atoms with Gasteiger partial charge in [0.15, 0.2) is 0 Å². The fraction of sp³-hybridized carbons (Fsp3) is 0.826. The van der Waals surface area contributed by atoms with Crippen LogP contribution in [0.1, 0.15) is 85.0 Å². The van der Waals surface area contributed by atoms with Crippen LogP contribution < -0.4 is 0 Å². The summed E-state index contributed by atoms with van der Waals surface area (Å²) in [4.78, 5) is 23.5. The van der Waals surface area contributed by atoms with E-state index in [4.69, 9.17) is 9.47 Å². The van der Waals surface area contributed by atoms with E-state index in [1.54, 1.807) is 5.57 Å². The molecule has 0 saturated heterocycles. The lowest BCUT2D eigenvalue weighted by Crippen LogP contribution is -2.54. The van der Waals surface area contributed by atoms with Gasteiger partial charge in [-0.1, -0.05) is 31.4 Å². The van der Waals surface area contributed by atoms with Gasteiger partial charge in [-0.2, -0.15) is 0 Å². The molecule has 0 spiro atoms. The van der Waals surface area contributed by atoms with Crippen molar-refractivity contribution in [2.24, 2.45) is 28.6 Å². The van der Waals surface area contributed by atoms with Crippen molar-refractivity contribution >= 4 is 11.9 Å². The van der Waals surface area contributed by atoms with Crippen molar-refractivity contribution in [2.75, 3.05) is 0 Å². The van der Waals surface area contributed by atoms with Crippen molar-refractivity contribution in [3.8, 4) is 0 Å². The lowest BCUT2D eigenvalue weighted by atomic mass is 9.48. The van der Waals surface area contributed by atoms with Crippen LogP contribution in [0.4, 0.5) is 0 Å². The molecule has 150 valence electrons. The topological polar surface area (TPSA) is 52.6 Å². The number of ether oxygens (including phenoxy) is 2. The van der Waals surface area contributed by atoms with Gasteiger partial charge in [0.2, 0.25) is 0 Å². The Morgan fingerprint density at radius 3 is 2.44 bits per heavy atom. The summed E-state index contributed by atoms with van der Waals surface area (Å²) < 4.78 is 11.2. The Bertz CT molecular complexity index is 637. The SMILES string of the molecule is CC(=O)OC(OC(C)=O)[C@@]12CCC[C@H]1[C@@H]1CC=C3CCCC[C@]3(C)[C@H]1CC2. The number of hydrogen-bond acceptors (Lipinski definition) is 4. The molecule has 4 aliphatic carbocycles. The van der Waals surface area contributed by atoms with E-state index in [1.807, 2.05) is 0 Å². The Morgan fingerprint density at radius 1 is 1.00 bits per heavy atom. The summed E-state index contributed by atoms with van der Waals surface area (Å²) in [5.74, 6) is 1.13. The fourth-order valence-corrected chi connectivity index (χ4v) is 7.37. The maximum Gasteiger partial charge on any atom is 0.305 e. The van der Waals surface area contributed by atoms with Crippen molar-refractivity contribution in [3.05, 3.63) is 11.6 Å². The van der Waals surface area contributed by atoms with Gasteiger partial charge in [-0.05, 0) is 74.5 Å². The Morgan fingerprint density at radius 2 is 1.74 bits per heavy atom. The van der Waals surface area contributed by atoms with Crippen LogP contribution in [0.3, 0.4) is 0 Å². The van der Waals surface area contributed by atoms with E-state index in [1.165, 1.54) is 46.0 Å². The molecular formula is C23H34O4. The Labute approximate surface area is 163 Å². The predicted octanol–water partition coefficient (Wildman–Crippen LogP) is 5.16. The zero-order chi connectivity index (χ0) is 19.2. The van der Waals surface area contributed by atoms with Crippen molar-refractivity contribution < 1.29 is 19.1 Å². The van der Waals surface area contributed by atoms with Gasteiger partial charge >= 0.3 is 11.9 Å². The molecule has 0 heterocycles. The molecule has 0 unspecified atom stereocenters. The molecule has 4 heteroatoms. The maximum absolute atomic E-state index is 11.8. The van der Waals surface area contributed by atoms with E-state index in [0.29, 0.717) is 17.3 Å². The number of carbonyl (C=O) groups is 2. The van der Waals surface area contributed by atoms with E-state index in [2.05, 4.69) is 13.0 Å². The smallest absolute Gasteiger partial charge is 0.305 e. The molecule has 0 aromatic heterocycles. The molecule has 0 aliphatic heterocycles. The van der Waals surface area contributed by atoms with Crippen molar-refractivity contribution in [1.82, 2.24) is 0 Å². The number of fused-ring (bicyclic) bond motifs is 5. The molecule has 0 aromatic rings. The Kier molecular flexibility index (Phi) is 4.88. The first kappa shape index (κ1) is 19.0. The van der Waals surface area contributed by atoms with Gasteiger partial charge in [0.25, 0.3) is 6.29 Å². The first-order valence-electron chi connectivity index (χ1n) is 10.9. The second-order valence-corrected chi connectivity index (χ2v) is 9.68. The van der Waals surface area contributed by atoms with E-state index >= 15 is 0 Å². The third kappa shape index (κ3) is 3.03. The van der Waals surface area contributed by atoms with Crippen LogP contribution in [0.25, 0.3) is 0 Å². The minimum absolute atomic E-state index is 0.186. The zero-order valence-electron chi connectivity index (χ0n) is 17.1. The molecule has 0 bridgehead atoms. The zero-order valence-corrected chi connectivity index (χ0v) is 17.1. The molecule has 0 amide bonds. The molecule has 4 rings (SSSR count). The van der Waals surface area contributed by atoms with Crippen LogP contribution in [0.2, 0.25) is 0 Å². The van der Waals surface area contributed by atoms with Crippen molar-refractivity contribution in [2.45, 2.75) is 91.3 Å². The number of esters is 2. The van der Waals surface area contributed by atoms with Gasteiger partial charge in [-0.25, -0.2) is 0 Å². The highest BCUT2D eigenvalue weighted by Gasteiger charge is 2.61. The molecule has 5 atom stereocenters. The summed E-state index contributed by atoms with van der Waals surface area (Å²) in [7, 11) is 0. The molecule has 0 radical (unpaired) electrons. The highest BCUT2D eigenvalue weighted by atomic mass is 16.7. The van der Waals surface area contributed by atoms with E-state index in [-0.39, 0.29) is 17.4 Å². The minimum Gasteiger partial charge on any atom is -0.425 e. The van der Waals surface area contributed by atoms with E-state index in [9.17, 15) is 9.59 Å². The number of allylic oxidation sites excluding steroid dienone is 2. The fourth-order valence-electron chi connectivity index (χ4n) is 7.37. The Balaban J connectivity index is 1.66. The van der Waals surface area contributed by atoms with Gasteiger partial charge in [0.1, 0.15) is 0 Å². The highest BCUT2D eigenvalue weighted by Crippen LogP contribution is 2.66. The molecule has 0 aromatic carbocycles. The minimum atomic E-state index is -0.717. The van der Waals surface area contributed by atoms with Crippen LogP contribution in [0.15, 0.2) is 11.6 Å². The first-order valence-corrected chi connectivity index (χ1v) is 10.9. The van der Waals surface area contributed by atoms with Crippen molar-refractivity contribution in [3.63, 3.8) is 0 Å². The average molecular weight is 375 g/mol. The summed E-state index contributed by atoms with van der Waals surface area (Å²) in [6.45, 7) is 5.34. The molecular weight excluding hydrogens is 340 g/mol. The summed E-state index contributed by atoms with van der Waals surface area (Å²) >= 11 is 0. The highest BCUT2D eigenvalue weighted by molar-refractivity contribution is 5.68. The third-order valence-corrected chi connectivity index (χ3v) is 8.45. The molecule has 4 nitrogen and oxygen atoms in total. The number of carbonyl (C=O) groups excluding carboxylic acids is 2. The van der Waals surface area contributed by atoms with Gasteiger partial charge < -0.3 is 9.47 Å². The van der Waals surface area contributed by atoms with Crippen LogP contribution in [-0.2, 0) is 19.1 Å². The molecule has 0 N–H and O–H groups in total. The molecule has 4 aliphatic rings. The van der Waals surface area contributed by atoms with Gasteiger partial charge in [-0.15, -0.1) is 0 Å². The quantitative estimate of drug-likeness (QED) is 0.389. The van der Waals surface area contributed by atoms with Crippen LogP contribution >= 0.6 is 0 Å². The average Bonchev–Trinajstić information content (AvgIpc) is 3.05. The van der Waals surface area contributed by atoms with E-state index in [0.717, 1.165) is 38.0 Å². The summed E-state index contributed by atoms with van der Waals surface area (Å²) in [6.07, 6.45) is 13.7. The largest absolute Gasteiger partial charge is 0.425 e. The normalized spacial score (nSPS) is 40.4. The van der Waals surface area contributed by atoms with E-state index < -0.39 is 6.29 Å². The van der Waals surface area contributed by atoms with Gasteiger partial charge in [0.05, 0.1) is 0 Å². The van der Waals surface area contributed by atoms with Crippen LogP contribution in [-0.4, -0.2) is 18.2 Å². The molecule has 3 saturated carbocycles. The second-order valence-electron chi connectivity index (χ2n) is 9.68. The van der Waals surface area contributed by atoms with Crippen molar-refractivity contribution in [1.29, 1.82) is 0 Å². The monoisotopic (exact) mass is 374 g/mol. The summed E-state index contributed by atoms with van der Waals surface area (Å²) in [5.41, 5.74) is 1.88. The van der Waals surface area contributed by atoms with Gasteiger partial charge in [0, 0.05) is 19.3 Å². The molecule has 27 heavy (non-hydrogen) atoms. The summed E-state index contributed by atoms with van der Waals surface area (Å²) in [6, 6.07) is 0. The number of hydrogen-bond donors (Lipinski definition) is 0. The predicted molar refractivity (Wildman–Crippen MR) is 103 cm³/mol. The first-order chi connectivity index (χ1) is 12.9. The molecule has 3 fully saturated rings. The maximum atomic E-state index is 11.8. The summed E-state index contributed by atoms with van der Waals surface area (Å²) in [5, 5.41) is 0. The van der Waals surface area contributed by atoms with Gasteiger partial charge in [-0.3, -0.25) is 9.59 Å². The lowest BCUT2D eigenvalue weighted by molar-refractivity contribution is -0.230. The lowest BCUT2D eigenvalue weighted by Gasteiger charge is -2.58. The Hall–Kier alpha value is -1.32. The number of rotatable bonds is 3. The third-order valence-electron chi connectivity index (χ3n) is 8.45.